The first-order valence-corrected chi connectivity index (χ1v) is 5.22. The Morgan fingerprint density at radius 1 is 1.29 bits per heavy atom. The lowest BCUT2D eigenvalue weighted by molar-refractivity contribution is 0.0599. The molecular weight excluding hydrogens is 220 g/mol. The summed E-state index contributed by atoms with van der Waals surface area (Å²) in [5, 5.41) is 19.5. The second kappa shape index (κ2) is 5.39. The molecule has 0 aromatic heterocycles. The van der Waals surface area contributed by atoms with Gasteiger partial charge < -0.3 is 14.9 Å². The van der Waals surface area contributed by atoms with Crippen LogP contribution in [0.3, 0.4) is 0 Å². The average molecular weight is 236 g/mol. The maximum absolute atomic E-state index is 11.2. The molecule has 0 fully saturated rings. The Bertz CT molecular complexity index is 433. The molecule has 2 N–H and O–H groups in total. The lowest BCUT2D eigenvalue weighted by atomic mass is 10.0. The van der Waals surface area contributed by atoms with Crippen molar-refractivity contribution in [2.75, 3.05) is 7.11 Å². The molecule has 1 aromatic rings. The summed E-state index contributed by atoms with van der Waals surface area (Å²) in [5.74, 6) is -0.810. The van der Waals surface area contributed by atoms with Crippen LogP contribution in [0.4, 0.5) is 0 Å². The van der Waals surface area contributed by atoms with Crippen LogP contribution in [0.25, 0.3) is 0 Å². The van der Waals surface area contributed by atoms with E-state index < -0.39 is 5.97 Å². The van der Waals surface area contributed by atoms with Crippen LogP contribution in [0.5, 0.6) is 11.5 Å². The number of hydrogen-bond donors (Lipinski definition) is 2. The van der Waals surface area contributed by atoms with Crippen LogP contribution in [-0.2, 0) is 11.2 Å². The third-order valence-electron chi connectivity index (χ3n) is 2.34. The molecule has 92 valence electrons. The summed E-state index contributed by atoms with van der Waals surface area (Å²) in [6.07, 6.45) is 2.30. The summed E-state index contributed by atoms with van der Waals surface area (Å²) >= 11 is 0. The molecule has 0 amide bonds. The Hall–Kier alpha value is -1.97. The summed E-state index contributed by atoms with van der Waals surface area (Å²) in [7, 11) is 1.24. The van der Waals surface area contributed by atoms with E-state index >= 15 is 0 Å². The van der Waals surface area contributed by atoms with Crippen molar-refractivity contribution in [1.82, 2.24) is 0 Å². The van der Waals surface area contributed by atoms with Gasteiger partial charge in [-0.25, -0.2) is 4.79 Å². The minimum atomic E-state index is -0.593. The summed E-state index contributed by atoms with van der Waals surface area (Å²) < 4.78 is 4.51. The minimum absolute atomic E-state index is 0.108. The lowest BCUT2D eigenvalue weighted by Crippen LogP contribution is -2.01. The van der Waals surface area contributed by atoms with Gasteiger partial charge in [-0.05, 0) is 32.4 Å². The van der Waals surface area contributed by atoms with Crippen molar-refractivity contribution in [1.29, 1.82) is 0 Å². The van der Waals surface area contributed by atoms with Gasteiger partial charge in [0.15, 0.2) is 0 Å². The number of phenolic OH excluding ortho intramolecular Hbond substituents is 2. The third-order valence-corrected chi connectivity index (χ3v) is 2.34. The van der Waals surface area contributed by atoms with Crippen molar-refractivity contribution >= 4 is 5.97 Å². The molecule has 4 nitrogen and oxygen atoms in total. The zero-order chi connectivity index (χ0) is 13.0. The highest BCUT2D eigenvalue weighted by atomic mass is 16.5. The van der Waals surface area contributed by atoms with Crippen LogP contribution in [-0.4, -0.2) is 23.3 Å². The van der Waals surface area contributed by atoms with Crippen LogP contribution >= 0.6 is 0 Å². The monoisotopic (exact) mass is 236 g/mol. The fourth-order valence-electron chi connectivity index (χ4n) is 1.39. The molecule has 0 unspecified atom stereocenters. The molecule has 0 bridgehead atoms. The van der Waals surface area contributed by atoms with Gasteiger partial charge in [0.1, 0.15) is 11.5 Å². The predicted octanol–water partition coefficient (Wildman–Crippen LogP) is 2.39. The van der Waals surface area contributed by atoms with E-state index in [0.717, 1.165) is 5.57 Å². The number of phenols is 2. The van der Waals surface area contributed by atoms with Crippen LogP contribution in [0.1, 0.15) is 29.8 Å². The smallest absolute Gasteiger partial charge is 0.338 e. The van der Waals surface area contributed by atoms with Crippen LogP contribution in [0, 0.1) is 0 Å². The predicted molar refractivity (Wildman–Crippen MR) is 64.2 cm³/mol. The molecule has 0 aliphatic carbocycles. The van der Waals surface area contributed by atoms with Gasteiger partial charge in [0.05, 0.1) is 12.7 Å². The summed E-state index contributed by atoms with van der Waals surface area (Å²) in [6, 6.07) is 2.58. The van der Waals surface area contributed by atoms with E-state index in [1.54, 1.807) is 0 Å². The van der Waals surface area contributed by atoms with E-state index in [2.05, 4.69) is 4.74 Å². The second-order valence-corrected chi connectivity index (χ2v) is 3.97. The topological polar surface area (TPSA) is 66.8 Å². The van der Waals surface area contributed by atoms with Gasteiger partial charge in [-0.15, -0.1) is 0 Å². The highest BCUT2D eigenvalue weighted by Crippen LogP contribution is 2.30. The lowest BCUT2D eigenvalue weighted by Gasteiger charge is -2.07. The number of methoxy groups -OCH3 is 1. The number of esters is 1. The molecule has 17 heavy (non-hydrogen) atoms. The third kappa shape index (κ3) is 3.24. The second-order valence-electron chi connectivity index (χ2n) is 3.97. The molecule has 0 spiro atoms. The summed E-state index contributed by atoms with van der Waals surface area (Å²) in [6.45, 7) is 3.85. The Morgan fingerprint density at radius 3 is 2.24 bits per heavy atom. The maximum atomic E-state index is 11.2. The SMILES string of the molecule is COC(=O)c1cc(O)c(CC=C(C)C)c(O)c1. The highest BCUT2D eigenvalue weighted by Gasteiger charge is 2.13. The number of rotatable bonds is 3. The number of benzene rings is 1. The number of ether oxygens (including phenoxy) is 1. The fourth-order valence-corrected chi connectivity index (χ4v) is 1.39. The van der Waals surface area contributed by atoms with Gasteiger partial charge in [-0.2, -0.15) is 0 Å². The number of carbonyl (C=O) groups excluding carboxylic acids is 1. The molecule has 1 aromatic carbocycles. The van der Waals surface area contributed by atoms with Crippen molar-refractivity contribution in [3.63, 3.8) is 0 Å². The van der Waals surface area contributed by atoms with E-state index in [-0.39, 0.29) is 17.1 Å². The Labute approximate surface area is 100 Å². The van der Waals surface area contributed by atoms with Crippen LogP contribution < -0.4 is 0 Å². The molecule has 0 saturated heterocycles. The zero-order valence-electron chi connectivity index (χ0n) is 10.2. The van der Waals surface area contributed by atoms with E-state index in [4.69, 9.17) is 0 Å². The highest BCUT2D eigenvalue weighted by molar-refractivity contribution is 5.90. The van der Waals surface area contributed by atoms with Gasteiger partial charge in [0, 0.05) is 5.56 Å². The van der Waals surface area contributed by atoms with Crippen LogP contribution in [0.15, 0.2) is 23.8 Å². The van der Waals surface area contributed by atoms with Gasteiger partial charge in [0.2, 0.25) is 0 Å². The molecule has 4 heteroatoms. The van der Waals surface area contributed by atoms with Gasteiger partial charge in [-0.1, -0.05) is 11.6 Å². The number of aromatic hydroxyl groups is 2. The summed E-state index contributed by atoms with van der Waals surface area (Å²) in [5.41, 5.74) is 1.61. The van der Waals surface area contributed by atoms with Crippen molar-refractivity contribution < 1.29 is 19.7 Å². The molecule has 0 aliphatic heterocycles. The summed E-state index contributed by atoms with van der Waals surface area (Å²) in [4.78, 5) is 11.2. The molecule has 1 rings (SSSR count). The van der Waals surface area contributed by atoms with E-state index in [1.807, 2.05) is 19.9 Å². The maximum Gasteiger partial charge on any atom is 0.338 e. The Kier molecular flexibility index (Phi) is 4.15. The normalized spacial score (nSPS) is 9.82. The Balaban J connectivity index is 3.10. The molecule has 0 heterocycles. The van der Waals surface area contributed by atoms with Crippen molar-refractivity contribution in [2.24, 2.45) is 0 Å². The number of carbonyl (C=O) groups is 1. The van der Waals surface area contributed by atoms with Crippen molar-refractivity contribution in [3.05, 3.63) is 34.9 Å². The first-order valence-electron chi connectivity index (χ1n) is 5.22. The van der Waals surface area contributed by atoms with Crippen molar-refractivity contribution in [2.45, 2.75) is 20.3 Å². The Morgan fingerprint density at radius 2 is 1.82 bits per heavy atom. The van der Waals surface area contributed by atoms with Gasteiger partial charge in [-0.3, -0.25) is 0 Å². The van der Waals surface area contributed by atoms with E-state index in [0.29, 0.717) is 12.0 Å². The minimum Gasteiger partial charge on any atom is -0.507 e. The van der Waals surface area contributed by atoms with Crippen molar-refractivity contribution in [3.8, 4) is 11.5 Å². The molecule has 0 saturated carbocycles. The quantitative estimate of drug-likeness (QED) is 0.624. The molecule has 0 radical (unpaired) electrons. The molecule has 0 atom stereocenters. The first kappa shape index (κ1) is 13.1. The molecular formula is C13H16O4. The van der Waals surface area contributed by atoms with E-state index in [9.17, 15) is 15.0 Å². The fraction of sp³-hybridized carbons (Fsp3) is 0.308. The molecule has 0 aliphatic rings. The van der Waals surface area contributed by atoms with Gasteiger partial charge >= 0.3 is 5.97 Å². The average Bonchev–Trinajstić information content (AvgIpc) is 2.26. The largest absolute Gasteiger partial charge is 0.507 e. The van der Waals surface area contributed by atoms with E-state index in [1.165, 1.54) is 19.2 Å². The number of allylic oxidation sites excluding steroid dienone is 2. The zero-order valence-corrected chi connectivity index (χ0v) is 10.2. The van der Waals surface area contributed by atoms with Gasteiger partial charge in [0.25, 0.3) is 0 Å². The standard InChI is InChI=1S/C13H16O4/c1-8(2)4-5-10-11(14)6-9(7-12(10)15)13(16)17-3/h4,6-7,14-15H,5H2,1-3H3. The first-order chi connectivity index (χ1) is 7.95. The van der Waals surface area contributed by atoms with Crippen LogP contribution in [0.2, 0.25) is 0 Å². The number of hydrogen-bond acceptors (Lipinski definition) is 4.